The number of aliphatic imine (C=N–C) groups is 1. The van der Waals surface area contributed by atoms with Crippen molar-refractivity contribution in [3.8, 4) is 11.4 Å². The fourth-order valence-corrected chi connectivity index (χ4v) is 4.89. The zero-order valence-corrected chi connectivity index (χ0v) is 19.5. The van der Waals surface area contributed by atoms with Gasteiger partial charge in [0.15, 0.2) is 5.84 Å². The molecule has 7 nitrogen and oxygen atoms in total. The number of methoxy groups -OCH3 is 1. The Balaban J connectivity index is 1.52. The molecule has 3 heterocycles. The van der Waals surface area contributed by atoms with Crippen molar-refractivity contribution in [3.63, 3.8) is 0 Å². The second-order valence-corrected chi connectivity index (χ2v) is 8.72. The lowest BCUT2D eigenvalue weighted by molar-refractivity contribution is -0.114. The molecule has 3 aromatic rings. The van der Waals surface area contributed by atoms with Crippen molar-refractivity contribution in [3.05, 3.63) is 88.5 Å². The van der Waals surface area contributed by atoms with Crippen LogP contribution in [0.1, 0.15) is 22.5 Å². The molecule has 0 radical (unpaired) electrons. The summed E-state index contributed by atoms with van der Waals surface area (Å²) in [4.78, 5) is 16.9. The first kappa shape index (κ1) is 21.8. The highest BCUT2D eigenvalue weighted by atomic mass is 32.2. The number of aryl methyl sites for hydroxylation is 1. The van der Waals surface area contributed by atoms with Gasteiger partial charge in [-0.1, -0.05) is 18.2 Å². The fraction of sp³-hybridized carbons (Fsp3) is 0.120. The molecule has 34 heavy (non-hydrogen) atoms. The van der Waals surface area contributed by atoms with E-state index in [9.17, 15) is 9.18 Å². The van der Waals surface area contributed by atoms with Gasteiger partial charge in [-0.15, -0.1) is 0 Å². The molecule has 1 aromatic heterocycles. The first-order valence-electron chi connectivity index (χ1n) is 10.5. The topological polar surface area (TPSA) is 83.0 Å². The standard InChI is InChI=1S/C25H20FN5O2S/c1-14-11-16(15(2)30(14)17-7-6-8-18(13-17)33-3)12-20-22(27)31-25(28-23(20)32)34-24(29-31)19-9-4-5-10-21(19)26/h4-13,27H,1-3H3. The zero-order chi connectivity index (χ0) is 24.0. The maximum absolute atomic E-state index is 14.2. The third-order valence-electron chi connectivity index (χ3n) is 5.64. The van der Waals surface area contributed by atoms with Crippen molar-refractivity contribution in [2.45, 2.75) is 13.8 Å². The summed E-state index contributed by atoms with van der Waals surface area (Å²) in [7, 11) is 1.62. The van der Waals surface area contributed by atoms with Crippen LogP contribution in [0, 0.1) is 25.1 Å². The number of nitrogens with zero attached hydrogens (tertiary/aromatic N) is 4. The number of ether oxygens (including phenoxy) is 1. The number of nitrogens with one attached hydrogen (secondary N) is 1. The van der Waals surface area contributed by atoms with E-state index in [0.717, 1.165) is 40.2 Å². The number of benzene rings is 2. The molecule has 5 rings (SSSR count). The number of amidine groups is 2. The van der Waals surface area contributed by atoms with Crippen molar-refractivity contribution in [1.29, 1.82) is 5.41 Å². The molecule has 0 aliphatic carbocycles. The largest absolute Gasteiger partial charge is 0.497 e. The Morgan fingerprint density at radius 3 is 2.68 bits per heavy atom. The number of amides is 1. The van der Waals surface area contributed by atoms with Crippen LogP contribution in [0.2, 0.25) is 0 Å². The minimum absolute atomic E-state index is 0.0972. The Labute approximate surface area is 199 Å². The Hall–Kier alpha value is -3.98. The van der Waals surface area contributed by atoms with Crippen molar-refractivity contribution in [1.82, 2.24) is 9.58 Å². The van der Waals surface area contributed by atoms with Crippen molar-refractivity contribution < 1.29 is 13.9 Å². The lowest BCUT2D eigenvalue weighted by Gasteiger charge is -2.20. The summed E-state index contributed by atoms with van der Waals surface area (Å²) < 4.78 is 21.6. The smallest absolute Gasteiger partial charge is 0.283 e. The Bertz CT molecular complexity index is 1450. The number of carbonyl (C=O) groups is 1. The van der Waals surface area contributed by atoms with Gasteiger partial charge in [0.1, 0.15) is 16.6 Å². The number of hydrogen-bond donors (Lipinski definition) is 1. The molecule has 0 atom stereocenters. The second kappa shape index (κ2) is 8.42. The zero-order valence-electron chi connectivity index (χ0n) is 18.7. The minimum atomic E-state index is -0.528. The van der Waals surface area contributed by atoms with E-state index in [1.807, 2.05) is 44.2 Å². The third-order valence-corrected chi connectivity index (χ3v) is 6.58. The molecule has 9 heteroatoms. The maximum Gasteiger partial charge on any atom is 0.283 e. The molecule has 170 valence electrons. The van der Waals surface area contributed by atoms with E-state index in [-0.39, 0.29) is 16.6 Å². The predicted molar refractivity (Wildman–Crippen MR) is 132 cm³/mol. The van der Waals surface area contributed by atoms with E-state index >= 15 is 0 Å². The molecule has 0 fully saturated rings. The Morgan fingerprint density at radius 1 is 1.12 bits per heavy atom. The number of aromatic nitrogens is 1. The number of rotatable bonds is 4. The molecular formula is C25H20FN5O2S. The SMILES string of the molecule is COc1cccc(-n2c(C)cc(C=C3C(=N)N4N=C(c5ccccc5F)SC4=NC3=O)c2C)c1. The van der Waals surface area contributed by atoms with E-state index in [0.29, 0.717) is 10.6 Å². The summed E-state index contributed by atoms with van der Waals surface area (Å²) in [6, 6.07) is 15.9. The van der Waals surface area contributed by atoms with Crippen LogP contribution in [-0.4, -0.2) is 38.6 Å². The van der Waals surface area contributed by atoms with Gasteiger partial charge >= 0.3 is 0 Å². The molecule has 2 aliphatic rings. The average molecular weight is 474 g/mol. The van der Waals surface area contributed by atoms with Gasteiger partial charge < -0.3 is 9.30 Å². The van der Waals surface area contributed by atoms with Crippen LogP contribution < -0.4 is 4.74 Å². The molecular weight excluding hydrogens is 453 g/mol. The van der Waals surface area contributed by atoms with E-state index in [4.69, 9.17) is 10.1 Å². The summed E-state index contributed by atoms with van der Waals surface area (Å²) in [6.45, 7) is 3.92. The van der Waals surface area contributed by atoms with E-state index in [1.54, 1.807) is 31.4 Å². The molecule has 0 spiro atoms. The monoisotopic (exact) mass is 473 g/mol. The number of fused-ring (bicyclic) bond motifs is 1. The quantitative estimate of drug-likeness (QED) is 0.546. The summed E-state index contributed by atoms with van der Waals surface area (Å²) >= 11 is 1.07. The van der Waals surface area contributed by atoms with Crippen LogP contribution >= 0.6 is 11.8 Å². The number of carbonyl (C=O) groups excluding carboxylic acids is 1. The van der Waals surface area contributed by atoms with Crippen LogP contribution in [0.3, 0.4) is 0 Å². The van der Waals surface area contributed by atoms with Gasteiger partial charge in [0.05, 0.1) is 12.7 Å². The summed E-state index contributed by atoms with van der Waals surface area (Å²) in [6.07, 6.45) is 1.66. The van der Waals surface area contributed by atoms with Crippen molar-refractivity contribution in [2.24, 2.45) is 10.1 Å². The highest BCUT2D eigenvalue weighted by Gasteiger charge is 2.36. The van der Waals surface area contributed by atoms with Gasteiger partial charge in [0.25, 0.3) is 5.91 Å². The van der Waals surface area contributed by atoms with Crippen LogP contribution in [0.25, 0.3) is 11.8 Å². The van der Waals surface area contributed by atoms with Crippen molar-refractivity contribution >= 4 is 39.8 Å². The molecule has 0 unspecified atom stereocenters. The molecule has 1 N–H and O–H groups in total. The van der Waals surface area contributed by atoms with Gasteiger partial charge in [-0.05, 0) is 67.6 Å². The van der Waals surface area contributed by atoms with Gasteiger partial charge in [-0.2, -0.15) is 15.1 Å². The third kappa shape index (κ3) is 3.63. The number of hydrazone groups is 1. The molecule has 0 saturated heterocycles. The van der Waals surface area contributed by atoms with Crippen LogP contribution in [0.4, 0.5) is 4.39 Å². The lowest BCUT2D eigenvalue weighted by atomic mass is 10.1. The normalized spacial score (nSPS) is 16.6. The molecule has 2 aromatic carbocycles. The first-order chi connectivity index (χ1) is 16.4. The van der Waals surface area contributed by atoms with E-state index in [1.165, 1.54) is 11.1 Å². The highest BCUT2D eigenvalue weighted by Crippen LogP contribution is 2.32. The van der Waals surface area contributed by atoms with E-state index in [2.05, 4.69) is 14.7 Å². The van der Waals surface area contributed by atoms with Gasteiger partial charge in [-0.3, -0.25) is 10.2 Å². The second-order valence-electron chi connectivity index (χ2n) is 7.77. The highest BCUT2D eigenvalue weighted by molar-refractivity contribution is 8.27. The van der Waals surface area contributed by atoms with Crippen molar-refractivity contribution in [2.75, 3.05) is 7.11 Å². The predicted octanol–water partition coefficient (Wildman–Crippen LogP) is 4.91. The fourth-order valence-electron chi connectivity index (χ4n) is 3.97. The number of halogens is 1. The first-order valence-corrected chi connectivity index (χ1v) is 11.3. The number of hydrogen-bond acceptors (Lipinski definition) is 5. The average Bonchev–Trinajstić information content (AvgIpc) is 3.37. The summed E-state index contributed by atoms with van der Waals surface area (Å²) in [5.41, 5.74) is 4.01. The van der Waals surface area contributed by atoms with Gasteiger partial charge in [0, 0.05) is 28.7 Å². The molecule has 1 amide bonds. The summed E-state index contributed by atoms with van der Waals surface area (Å²) in [5, 5.41) is 14.9. The summed E-state index contributed by atoms with van der Waals surface area (Å²) in [5.74, 6) is -0.307. The Morgan fingerprint density at radius 2 is 1.91 bits per heavy atom. The molecule has 0 saturated carbocycles. The van der Waals surface area contributed by atoms with Crippen LogP contribution in [-0.2, 0) is 4.79 Å². The number of thioether (sulfide) groups is 1. The Kier molecular flexibility index (Phi) is 5.41. The van der Waals surface area contributed by atoms with Crippen LogP contribution in [0.15, 0.2) is 70.3 Å². The van der Waals surface area contributed by atoms with Gasteiger partial charge in [0.2, 0.25) is 5.17 Å². The van der Waals surface area contributed by atoms with Gasteiger partial charge in [-0.25, -0.2) is 4.39 Å². The lowest BCUT2D eigenvalue weighted by Crippen LogP contribution is -2.35. The minimum Gasteiger partial charge on any atom is -0.497 e. The molecule has 2 aliphatic heterocycles. The van der Waals surface area contributed by atoms with Crippen LogP contribution in [0.5, 0.6) is 5.75 Å². The van der Waals surface area contributed by atoms with E-state index < -0.39 is 11.7 Å². The molecule has 0 bridgehead atoms. The maximum atomic E-state index is 14.2.